The van der Waals surface area contributed by atoms with Gasteiger partial charge in [-0.25, -0.2) is 0 Å². The summed E-state index contributed by atoms with van der Waals surface area (Å²) in [6.45, 7) is 16.3. The molecule has 4 aliphatic heterocycles. The van der Waals surface area contributed by atoms with Crippen LogP contribution >= 0.6 is 11.6 Å². The monoisotopic (exact) mass is 855 g/mol. The Kier molecular flexibility index (Phi) is 12.3. The Hall–Kier alpha value is -3.70. The number of ether oxygens (including phenoxy) is 2. The molecule has 2 aliphatic carbocycles. The number of hydrogen-bond donors (Lipinski definition) is 5. The van der Waals surface area contributed by atoms with E-state index in [4.69, 9.17) is 21.1 Å². The summed E-state index contributed by atoms with van der Waals surface area (Å²) in [5.74, 6) is 2.95. The Morgan fingerprint density at radius 3 is 2.33 bits per heavy atom. The highest BCUT2D eigenvalue weighted by Gasteiger charge is 2.64. The number of carbonyl (C=O) groups excluding carboxylic acids is 2. The lowest BCUT2D eigenvalue weighted by molar-refractivity contribution is -0.174. The first-order valence-corrected chi connectivity index (χ1v) is 22.9. The first-order valence-electron chi connectivity index (χ1n) is 22.6. The van der Waals surface area contributed by atoms with E-state index in [-0.39, 0.29) is 65.1 Å². The van der Waals surface area contributed by atoms with Crippen LogP contribution < -0.4 is 30.7 Å². The third-order valence-corrected chi connectivity index (χ3v) is 15.3. The molecule has 4 heterocycles. The van der Waals surface area contributed by atoms with E-state index in [0.717, 1.165) is 67.3 Å². The quantitative estimate of drug-likeness (QED) is 0.173. The SMILES string of the molecule is CN1C=C(c2cc(C(C)(C)O)ccc2OC2CC(CCC3CCN(C4NCC(C(=O)NC5C(C)(C)C(Oc6ccc(C#N)c(Cl)c6)C5(C)C)CN4)CC3)C2)C2CCNC2C1=O. The van der Waals surface area contributed by atoms with E-state index in [1.54, 1.807) is 23.1 Å². The van der Waals surface area contributed by atoms with Gasteiger partial charge in [0.15, 0.2) is 0 Å². The molecular formula is C48H66ClN7O5. The molecule has 2 aromatic carbocycles. The summed E-state index contributed by atoms with van der Waals surface area (Å²) in [5, 5.41) is 34.5. The van der Waals surface area contributed by atoms with Crippen LogP contribution in [0, 0.1) is 45.8 Å². The molecule has 13 heteroatoms. The standard InChI is InChI=1S/C48H66ClN7O5/c1-46(2)43(47(3,4)44(46)61-33-12-10-30(24-50)38(49)23-33)54-41(57)31-25-52-45(53-26-31)56-18-15-28(16-19-56)8-9-29-20-34(21-29)60-39-13-11-32(48(5,6)59)22-36(39)37-27-55(7)42(58)40-35(37)14-17-51-40/h10-13,22-23,27-29,31,34-35,40,43-45,51-53,59H,8-9,14-21,25-26H2,1-7H3,(H,54,57). The van der Waals surface area contributed by atoms with Crippen molar-refractivity contribution in [3.8, 4) is 17.6 Å². The minimum atomic E-state index is -0.986. The van der Waals surface area contributed by atoms with Crippen molar-refractivity contribution in [1.29, 1.82) is 5.26 Å². The van der Waals surface area contributed by atoms with Crippen molar-refractivity contribution in [1.82, 2.24) is 31.1 Å². The van der Waals surface area contributed by atoms with Crippen molar-refractivity contribution in [3.05, 3.63) is 64.3 Å². The fourth-order valence-electron chi connectivity index (χ4n) is 11.5. The van der Waals surface area contributed by atoms with Gasteiger partial charge in [0.25, 0.3) is 0 Å². The van der Waals surface area contributed by atoms with E-state index in [2.05, 4.69) is 66.0 Å². The first-order chi connectivity index (χ1) is 28.9. The van der Waals surface area contributed by atoms with Crippen LogP contribution in [0.15, 0.2) is 42.6 Å². The molecule has 0 radical (unpaired) electrons. The van der Waals surface area contributed by atoms with Gasteiger partial charge in [-0.15, -0.1) is 0 Å². The molecule has 61 heavy (non-hydrogen) atoms. The Balaban J connectivity index is 0.759. The molecule has 330 valence electrons. The fraction of sp³-hybridized carbons (Fsp3) is 0.646. The summed E-state index contributed by atoms with van der Waals surface area (Å²) in [4.78, 5) is 30.7. The number of piperidine rings is 1. The maximum atomic E-state index is 13.6. The van der Waals surface area contributed by atoms with Crippen molar-refractivity contribution in [3.63, 3.8) is 0 Å². The highest BCUT2D eigenvalue weighted by molar-refractivity contribution is 6.31. The molecule has 12 nitrogen and oxygen atoms in total. The van der Waals surface area contributed by atoms with E-state index in [9.17, 15) is 20.0 Å². The van der Waals surface area contributed by atoms with Crippen molar-refractivity contribution in [2.45, 2.75) is 123 Å². The van der Waals surface area contributed by atoms with Gasteiger partial charge in [0.2, 0.25) is 11.8 Å². The average Bonchev–Trinajstić information content (AvgIpc) is 3.71. The van der Waals surface area contributed by atoms with Crippen LogP contribution in [0.1, 0.15) is 103 Å². The zero-order chi connectivity index (χ0) is 43.4. The number of hydrogen-bond acceptors (Lipinski definition) is 10. The zero-order valence-corrected chi connectivity index (χ0v) is 37.8. The van der Waals surface area contributed by atoms with Crippen molar-refractivity contribution in [2.75, 3.05) is 39.8 Å². The lowest BCUT2D eigenvalue weighted by Gasteiger charge is -2.63. The number of aliphatic hydroxyl groups is 1. The maximum absolute atomic E-state index is 13.6. The van der Waals surface area contributed by atoms with E-state index >= 15 is 0 Å². The van der Waals surface area contributed by atoms with E-state index in [0.29, 0.717) is 35.3 Å². The van der Waals surface area contributed by atoms with Crippen LogP contribution in [0.25, 0.3) is 5.57 Å². The van der Waals surface area contributed by atoms with Gasteiger partial charge in [0.1, 0.15) is 30.0 Å². The Bertz CT molecular complexity index is 2020. The van der Waals surface area contributed by atoms with E-state index in [1.807, 2.05) is 39.2 Å². The van der Waals surface area contributed by atoms with Crippen molar-refractivity contribution in [2.24, 2.45) is 34.5 Å². The number of carbonyl (C=O) groups is 2. The molecule has 5 fully saturated rings. The number of nitrogens with one attached hydrogen (secondary N) is 4. The van der Waals surface area contributed by atoms with E-state index < -0.39 is 5.60 Å². The van der Waals surface area contributed by atoms with Crippen LogP contribution in [0.5, 0.6) is 11.5 Å². The largest absolute Gasteiger partial charge is 0.490 e. The zero-order valence-electron chi connectivity index (χ0n) is 37.0. The lowest BCUT2D eigenvalue weighted by Crippen LogP contribution is -2.75. The summed E-state index contributed by atoms with van der Waals surface area (Å²) in [5.41, 5.74) is 1.75. The van der Waals surface area contributed by atoms with Gasteiger partial charge in [-0.2, -0.15) is 5.26 Å². The highest BCUT2D eigenvalue weighted by atomic mass is 35.5. The summed E-state index contributed by atoms with van der Waals surface area (Å²) >= 11 is 6.27. The van der Waals surface area contributed by atoms with Crippen molar-refractivity contribution < 1.29 is 24.2 Å². The molecule has 2 saturated carbocycles. The molecule has 0 spiro atoms. The van der Waals surface area contributed by atoms with Gasteiger partial charge < -0.3 is 30.1 Å². The summed E-state index contributed by atoms with van der Waals surface area (Å²) in [6.07, 6.45) is 9.92. The molecule has 5 N–H and O–H groups in total. The second kappa shape index (κ2) is 17.1. The number of halogens is 1. The Morgan fingerprint density at radius 2 is 1.67 bits per heavy atom. The second-order valence-corrected chi connectivity index (χ2v) is 20.9. The molecule has 8 rings (SSSR count). The summed E-state index contributed by atoms with van der Waals surface area (Å²) in [6, 6.07) is 13.0. The molecule has 2 atom stereocenters. The second-order valence-electron chi connectivity index (χ2n) is 20.5. The average molecular weight is 857 g/mol. The number of amides is 2. The fourth-order valence-corrected chi connectivity index (χ4v) is 11.7. The molecule has 2 amide bonds. The highest BCUT2D eigenvalue weighted by Crippen LogP contribution is 2.56. The molecule has 2 aromatic rings. The van der Waals surface area contributed by atoms with Crippen molar-refractivity contribution >= 4 is 29.0 Å². The molecule has 0 bridgehead atoms. The number of likely N-dealkylation sites (tertiary alicyclic amines) is 1. The predicted octanol–water partition coefficient (Wildman–Crippen LogP) is 5.97. The van der Waals surface area contributed by atoms with Crippen LogP contribution in [0.3, 0.4) is 0 Å². The van der Waals surface area contributed by atoms with Gasteiger partial charge in [-0.05, 0) is 106 Å². The number of benzene rings is 2. The number of nitriles is 1. The minimum Gasteiger partial charge on any atom is -0.490 e. The molecule has 3 saturated heterocycles. The summed E-state index contributed by atoms with van der Waals surface area (Å²) in [7, 11) is 1.82. The van der Waals surface area contributed by atoms with Gasteiger partial charge in [-0.3, -0.25) is 25.1 Å². The van der Waals surface area contributed by atoms with E-state index in [1.165, 1.54) is 25.7 Å². The predicted molar refractivity (Wildman–Crippen MR) is 236 cm³/mol. The number of nitrogens with zero attached hydrogens (tertiary/aromatic N) is 3. The third-order valence-electron chi connectivity index (χ3n) is 15.0. The first kappa shape index (κ1) is 43.9. The van der Waals surface area contributed by atoms with Crippen LogP contribution in [0.2, 0.25) is 5.02 Å². The number of fused-ring (bicyclic) bond motifs is 1. The van der Waals surface area contributed by atoms with Crippen LogP contribution in [-0.4, -0.2) is 97.1 Å². The normalized spacial score (nSPS) is 31.2. The van der Waals surface area contributed by atoms with Gasteiger partial charge in [-0.1, -0.05) is 51.8 Å². The third kappa shape index (κ3) is 8.81. The number of likely N-dealkylation sites (N-methyl/N-ethyl adjacent to an activating group) is 1. The topological polar surface area (TPSA) is 151 Å². The minimum absolute atomic E-state index is 0.0581. The summed E-state index contributed by atoms with van der Waals surface area (Å²) < 4.78 is 13.1. The molecular weight excluding hydrogens is 790 g/mol. The van der Waals surface area contributed by atoms with Crippen LogP contribution in [0.4, 0.5) is 0 Å². The van der Waals surface area contributed by atoms with Gasteiger partial charge in [0, 0.05) is 73.8 Å². The molecule has 6 aliphatic rings. The molecule has 2 unspecified atom stereocenters. The van der Waals surface area contributed by atoms with Gasteiger partial charge >= 0.3 is 0 Å². The van der Waals surface area contributed by atoms with Crippen LogP contribution in [-0.2, 0) is 15.2 Å². The number of rotatable bonds is 12. The Labute approximate surface area is 367 Å². The van der Waals surface area contributed by atoms with Gasteiger partial charge in [0.05, 0.1) is 34.3 Å². The molecule has 0 aromatic heterocycles. The lowest BCUT2D eigenvalue weighted by atomic mass is 9.49. The smallest absolute Gasteiger partial charge is 0.244 e. The maximum Gasteiger partial charge on any atom is 0.244 e. The Morgan fingerprint density at radius 1 is 0.984 bits per heavy atom.